The molecule has 6 nitrogen and oxygen atoms in total. The van der Waals surface area contributed by atoms with Gasteiger partial charge in [-0.15, -0.1) is 0 Å². The number of pyridine rings is 1. The third-order valence-electron chi connectivity index (χ3n) is 3.69. The Morgan fingerprint density at radius 3 is 2.80 bits per heavy atom. The van der Waals surface area contributed by atoms with Crippen molar-refractivity contribution in [2.24, 2.45) is 0 Å². The molecule has 1 aliphatic rings. The summed E-state index contributed by atoms with van der Waals surface area (Å²) in [6, 6.07) is 3.49. The van der Waals surface area contributed by atoms with Gasteiger partial charge in [-0.1, -0.05) is 18.0 Å². The minimum absolute atomic E-state index is 0.151. The summed E-state index contributed by atoms with van der Waals surface area (Å²) in [7, 11) is 0. The molecule has 1 amide bonds. The first kappa shape index (κ1) is 12.8. The van der Waals surface area contributed by atoms with E-state index in [0.717, 1.165) is 25.7 Å². The predicted octanol–water partition coefficient (Wildman–Crippen LogP) is 1.97. The summed E-state index contributed by atoms with van der Waals surface area (Å²) >= 11 is 0. The Hall–Kier alpha value is -2.24. The van der Waals surface area contributed by atoms with Crippen molar-refractivity contribution in [3.05, 3.63) is 41.8 Å². The summed E-state index contributed by atoms with van der Waals surface area (Å²) in [6.45, 7) is 1.75. The first-order valence-corrected chi connectivity index (χ1v) is 6.73. The van der Waals surface area contributed by atoms with Crippen molar-refractivity contribution in [2.75, 3.05) is 0 Å². The molecule has 0 saturated heterocycles. The lowest BCUT2D eigenvalue weighted by Crippen LogP contribution is -2.44. The Balaban J connectivity index is 1.87. The van der Waals surface area contributed by atoms with E-state index < -0.39 is 5.54 Å². The zero-order chi connectivity index (χ0) is 14.0. The quantitative estimate of drug-likeness (QED) is 0.923. The van der Waals surface area contributed by atoms with E-state index in [1.54, 1.807) is 31.5 Å². The van der Waals surface area contributed by atoms with Crippen LogP contribution in [0.2, 0.25) is 0 Å². The highest BCUT2D eigenvalue weighted by Gasteiger charge is 2.41. The van der Waals surface area contributed by atoms with Crippen LogP contribution < -0.4 is 5.32 Å². The van der Waals surface area contributed by atoms with Crippen molar-refractivity contribution in [1.29, 1.82) is 0 Å². The molecule has 2 heterocycles. The van der Waals surface area contributed by atoms with Gasteiger partial charge in [0.1, 0.15) is 5.54 Å². The van der Waals surface area contributed by atoms with Gasteiger partial charge < -0.3 is 9.84 Å². The first-order chi connectivity index (χ1) is 9.70. The van der Waals surface area contributed by atoms with Crippen LogP contribution in [-0.2, 0) is 5.54 Å². The van der Waals surface area contributed by atoms with Crippen molar-refractivity contribution in [3.8, 4) is 0 Å². The zero-order valence-electron chi connectivity index (χ0n) is 11.3. The molecule has 0 unspecified atom stereocenters. The minimum Gasteiger partial charge on any atom is -0.340 e. The number of aromatic nitrogens is 3. The summed E-state index contributed by atoms with van der Waals surface area (Å²) in [4.78, 5) is 20.6. The van der Waals surface area contributed by atoms with Gasteiger partial charge in [0.2, 0.25) is 5.89 Å². The maximum Gasteiger partial charge on any atom is 0.253 e. The Bertz CT molecular complexity index is 603. The van der Waals surface area contributed by atoms with Gasteiger partial charge in [-0.05, 0) is 25.0 Å². The molecule has 0 atom stereocenters. The van der Waals surface area contributed by atoms with Gasteiger partial charge >= 0.3 is 0 Å². The molecular weight excluding hydrogens is 256 g/mol. The molecule has 0 bridgehead atoms. The van der Waals surface area contributed by atoms with E-state index in [1.807, 2.05) is 0 Å². The smallest absolute Gasteiger partial charge is 0.253 e. The van der Waals surface area contributed by atoms with Crippen LogP contribution in [0.1, 0.15) is 47.8 Å². The van der Waals surface area contributed by atoms with Gasteiger partial charge in [-0.3, -0.25) is 9.78 Å². The van der Waals surface area contributed by atoms with Crippen LogP contribution in [0.4, 0.5) is 0 Å². The second-order valence-electron chi connectivity index (χ2n) is 5.12. The maximum absolute atomic E-state index is 12.3. The largest absolute Gasteiger partial charge is 0.340 e. The third kappa shape index (κ3) is 2.29. The number of rotatable bonds is 3. The number of carbonyl (C=O) groups is 1. The third-order valence-corrected chi connectivity index (χ3v) is 3.69. The first-order valence-electron chi connectivity index (χ1n) is 6.73. The van der Waals surface area contributed by atoms with Crippen molar-refractivity contribution >= 4 is 5.91 Å². The molecule has 3 rings (SSSR count). The average Bonchev–Trinajstić information content (AvgIpc) is 3.10. The van der Waals surface area contributed by atoms with Gasteiger partial charge in [0, 0.05) is 19.3 Å². The van der Waals surface area contributed by atoms with E-state index in [0.29, 0.717) is 17.3 Å². The van der Waals surface area contributed by atoms with E-state index in [1.165, 1.54) is 0 Å². The molecule has 1 aliphatic carbocycles. The van der Waals surface area contributed by atoms with E-state index in [2.05, 4.69) is 20.4 Å². The molecule has 6 heteroatoms. The fraction of sp³-hybridized carbons (Fsp3) is 0.429. The predicted molar refractivity (Wildman–Crippen MR) is 70.9 cm³/mol. The molecule has 2 aromatic rings. The molecule has 104 valence electrons. The molecule has 1 saturated carbocycles. The van der Waals surface area contributed by atoms with Crippen LogP contribution in [0.15, 0.2) is 29.0 Å². The van der Waals surface area contributed by atoms with Crippen molar-refractivity contribution in [2.45, 2.75) is 38.1 Å². The van der Waals surface area contributed by atoms with E-state index in [-0.39, 0.29) is 5.91 Å². The molecule has 20 heavy (non-hydrogen) atoms. The van der Waals surface area contributed by atoms with Crippen LogP contribution in [0.5, 0.6) is 0 Å². The van der Waals surface area contributed by atoms with Gasteiger partial charge in [0.15, 0.2) is 5.82 Å². The number of amides is 1. The number of aryl methyl sites for hydroxylation is 1. The molecule has 2 aromatic heterocycles. The lowest BCUT2D eigenvalue weighted by molar-refractivity contribution is 0.0891. The van der Waals surface area contributed by atoms with Crippen molar-refractivity contribution in [1.82, 2.24) is 20.4 Å². The fourth-order valence-corrected chi connectivity index (χ4v) is 2.66. The van der Waals surface area contributed by atoms with Gasteiger partial charge in [-0.2, -0.15) is 4.98 Å². The molecule has 0 spiro atoms. The van der Waals surface area contributed by atoms with Crippen LogP contribution in [0, 0.1) is 6.92 Å². The topological polar surface area (TPSA) is 80.9 Å². The Morgan fingerprint density at radius 2 is 2.20 bits per heavy atom. The second kappa shape index (κ2) is 5.03. The summed E-state index contributed by atoms with van der Waals surface area (Å²) in [5.41, 5.74) is 0.0315. The number of carbonyl (C=O) groups excluding carboxylic acids is 1. The van der Waals surface area contributed by atoms with Crippen LogP contribution in [0.3, 0.4) is 0 Å². The lowest BCUT2D eigenvalue weighted by Gasteiger charge is -2.26. The molecule has 1 fully saturated rings. The van der Waals surface area contributed by atoms with Gasteiger partial charge in [0.05, 0.1) is 5.56 Å². The minimum atomic E-state index is -0.509. The highest BCUT2D eigenvalue weighted by molar-refractivity contribution is 5.94. The Kier molecular flexibility index (Phi) is 3.22. The number of nitrogens with zero attached hydrogens (tertiary/aromatic N) is 3. The molecule has 1 N–H and O–H groups in total. The Labute approximate surface area is 116 Å². The maximum atomic E-state index is 12.3. The standard InChI is InChI=1S/C14H16N4O2/c1-10-16-13(18-20-10)14(6-2-3-7-14)17-12(19)11-5-4-8-15-9-11/h4-5,8-9H,2-3,6-7H2,1H3,(H,17,19). The van der Waals surface area contributed by atoms with Crippen LogP contribution in [-0.4, -0.2) is 21.0 Å². The molecule has 0 radical (unpaired) electrons. The highest BCUT2D eigenvalue weighted by atomic mass is 16.5. The lowest BCUT2D eigenvalue weighted by atomic mass is 9.96. The second-order valence-corrected chi connectivity index (χ2v) is 5.12. The summed E-state index contributed by atoms with van der Waals surface area (Å²) in [5.74, 6) is 0.939. The van der Waals surface area contributed by atoms with E-state index in [9.17, 15) is 4.79 Å². The highest BCUT2D eigenvalue weighted by Crippen LogP contribution is 2.37. The van der Waals surface area contributed by atoms with Crippen molar-refractivity contribution in [3.63, 3.8) is 0 Å². The van der Waals surface area contributed by atoms with Crippen LogP contribution in [0.25, 0.3) is 0 Å². The zero-order valence-corrected chi connectivity index (χ0v) is 11.3. The number of hydrogen-bond donors (Lipinski definition) is 1. The monoisotopic (exact) mass is 272 g/mol. The summed E-state index contributed by atoms with van der Waals surface area (Å²) in [5, 5.41) is 7.07. The van der Waals surface area contributed by atoms with Gasteiger partial charge in [0.25, 0.3) is 5.91 Å². The number of nitrogens with one attached hydrogen (secondary N) is 1. The summed E-state index contributed by atoms with van der Waals surface area (Å²) < 4.78 is 5.06. The van der Waals surface area contributed by atoms with Crippen molar-refractivity contribution < 1.29 is 9.32 Å². The van der Waals surface area contributed by atoms with Gasteiger partial charge in [-0.25, -0.2) is 0 Å². The number of hydrogen-bond acceptors (Lipinski definition) is 5. The molecular formula is C14H16N4O2. The fourth-order valence-electron chi connectivity index (χ4n) is 2.66. The molecule has 0 aliphatic heterocycles. The Morgan fingerprint density at radius 1 is 1.40 bits per heavy atom. The van der Waals surface area contributed by atoms with Crippen LogP contribution >= 0.6 is 0 Å². The summed E-state index contributed by atoms with van der Waals surface area (Å²) in [6.07, 6.45) is 6.95. The SMILES string of the molecule is Cc1nc(C2(NC(=O)c3cccnc3)CCCC2)no1. The molecule has 0 aromatic carbocycles. The van der Waals surface area contributed by atoms with E-state index in [4.69, 9.17) is 4.52 Å². The normalized spacial score (nSPS) is 17.1. The van der Waals surface area contributed by atoms with E-state index >= 15 is 0 Å². The average molecular weight is 272 g/mol.